The third kappa shape index (κ3) is 5.12. The van der Waals surface area contributed by atoms with E-state index in [9.17, 15) is 4.79 Å². The van der Waals surface area contributed by atoms with Crippen LogP contribution in [0.5, 0.6) is 0 Å². The van der Waals surface area contributed by atoms with Crippen LogP contribution in [0.25, 0.3) is 0 Å². The third-order valence-electron chi connectivity index (χ3n) is 3.49. The van der Waals surface area contributed by atoms with Crippen LogP contribution in [0.2, 0.25) is 0 Å². The number of carbonyl (C=O) groups is 1. The number of amides is 1. The minimum atomic E-state index is 0.137. The van der Waals surface area contributed by atoms with Gasteiger partial charge in [0.2, 0.25) is 5.91 Å². The summed E-state index contributed by atoms with van der Waals surface area (Å²) >= 11 is 0. The summed E-state index contributed by atoms with van der Waals surface area (Å²) in [4.78, 5) is 13.9. The first-order valence-electron chi connectivity index (χ1n) is 7.28. The Morgan fingerprint density at radius 1 is 1.22 bits per heavy atom. The summed E-state index contributed by atoms with van der Waals surface area (Å²) in [6.45, 7) is 10.1. The number of rotatable bonds is 3. The van der Waals surface area contributed by atoms with Crippen molar-refractivity contribution in [2.75, 3.05) is 13.1 Å². The fraction of sp³-hybridized carbons (Fsp3) is 0.812. The molecule has 0 N–H and O–H groups in total. The Bertz CT molecular complexity index is 314. The first-order chi connectivity index (χ1) is 8.50. The van der Waals surface area contributed by atoms with E-state index in [0.29, 0.717) is 11.8 Å². The Morgan fingerprint density at radius 3 is 2.33 bits per heavy atom. The SMILES string of the molecule is CC(C)C#CCCC1CCN(C(=O)C(C)C)CC1. The lowest BCUT2D eigenvalue weighted by molar-refractivity contribution is -0.135. The second-order valence-corrected chi connectivity index (χ2v) is 5.94. The molecule has 1 saturated heterocycles. The molecule has 0 aromatic heterocycles. The van der Waals surface area contributed by atoms with Crippen molar-refractivity contribution in [1.82, 2.24) is 4.90 Å². The van der Waals surface area contributed by atoms with Crippen LogP contribution in [-0.4, -0.2) is 23.9 Å². The normalized spacial score (nSPS) is 16.9. The number of likely N-dealkylation sites (tertiary alicyclic amines) is 1. The van der Waals surface area contributed by atoms with Crippen LogP contribution in [0, 0.1) is 29.6 Å². The van der Waals surface area contributed by atoms with Crippen molar-refractivity contribution >= 4 is 5.91 Å². The summed E-state index contributed by atoms with van der Waals surface area (Å²) in [6, 6.07) is 0. The van der Waals surface area contributed by atoms with E-state index in [0.717, 1.165) is 38.3 Å². The van der Waals surface area contributed by atoms with Gasteiger partial charge in [0.1, 0.15) is 0 Å². The van der Waals surface area contributed by atoms with Gasteiger partial charge in [-0.3, -0.25) is 4.79 Å². The second kappa shape index (κ2) is 7.46. The van der Waals surface area contributed by atoms with Gasteiger partial charge in [0, 0.05) is 31.3 Å². The molecule has 0 spiro atoms. The minimum absolute atomic E-state index is 0.137. The number of piperidine rings is 1. The van der Waals surface area contributed by atoms with Crippen molar-refractivity contribution < 1.29 is 4.79 Å². The van der Waals surface area contributed by atoms with E-state index in [1.807, 2.05) is 18.7 Å². The molecule has 2 heteroatoms. The lowest BCUT2D eigenvalue weighted by Crippen LogP contribution is -2.40. The average Bonchev–Trinajstić information content (AvgIpc) is 2.34. The lowest BCUT2D eigenvalue weighted by Gasteiger charge is -2.32. The van der Waals surface area contributed by atoms with E-state index in [2.05, 4.69) is 25.7 Å². The van der Waals surface area contributed by atoms with E-state index < -0.39 is 0 Å². The summed E-state index contributed by atoms with van der Waals surface area (Å²) in [5.41, 5.74) is 0. The predicted molar refractivity (Wildman–Crippen MR) is 76.0 cm³/mol. The molecule has 1 aliphatic rings. The Labute approximate surface area is 112 Å². The number of hydrogen-bond donors (Lipinski definition) is 0. The van der Waals surface area contributed by atoms with Crippen LogP contribution in [0.4, 0.5) is 0 Å². The molecule has 1 amide bonds. The fourth-order valence-corrected chi connectivity index (χ4v) is 2.36. The van der Waals surface area contributed by atoms with Crippen LogP contribution in [-0.2, 0) is 4.79 Å². The highest BCUT2D eigenvalue weighted by atomic mass is 16.2. The van der Waals surface area contributed by atoms with Gasteiger partial charge in [-0.25, -0.2) is 0 Å². The van der Waals surface area contributed by atoms with Gasteiger partial charge >= 0.3 is 0 Å². The van der Waals surface area contributed by atoms with E-state index in [-0.39, 0.29) is 5.92 Å². The Kier molecular flexibility index (Phi) is 6.25. The molecule has 1 aliphatic heterocycles. The van der Waals surface area contributed by atoms with Crippen molar-refractivity contribution in [2.24, 2.45) is 17.8 Å². The number of hydrogen-bond acceptors (Lipinski definition) is 1. The highest BCUT2D eigenvalue weighted by Crippen LogP contribution is 2.22. The molecular weight excluding hydrogens is 222 g/mol. The zero-order chi connectivity index (χ0) is 13.5. The zero-order valence-corrected chi connectivity index (χ0v) is 12.3. The quantitative estimate of drug-likeness (QED) is 0.703. The van der Waals surface area contributed by atoms with Crippen molar-refractivity contribution in [2.45, 2.75) is 53.4 Å². The number of carbonyl (C=O) groups excluding carboxylic acids is 1. The van der Waals surface area contributed by atoms with E-state index >= 15 is 0 Å². The van der Waals surface area contributed by atoms with Crippen LogP contribution < -0.4 is 0 Å². The van der Waals surface area contributed by atoms with Crippen LogP contribution >= 0.6 is 0 Å². The largest absolute Gasteiger partial charge is 0.342 e. The van der Waals surface area contributed by atoms with Gasteiger partial charge in [-0.15, -0.1) is 11.8 Å². The van der Waals surface area contributed by atoms with Gasteiger partial charge < -0.3 is 4.90 Å². The highest BCUT2D eigenvalue weighted by molar-refractivity contribution is 5.78. The summed E-state index contributed by atoms with van der Waals surface area (Å²) < 4.78 is 0. The lowest BCUT2D eigenvalue weighted by atomic mass is 9.91. The molecule has 0 unspecified atom stereocenters. The first-order valence-corrected chi connectivity index (χ1v) is 7.28. The first kappa shape index (κ1) is 15.1. The molecule has 0 saturated carbocycles. The minimum Gasteiger partial charge on any atom is -0.342 e. The molecule has 0 aliphatic carbocycles. The molecule has 1 rings (SSSR count). The standard InChI is InChI=1S/C16H27NO/c1-13(2)7-5-6-8-15-9-11-17(12-10-15)16(18)14(3)4/h13-15H,6,8-12H2,1-4H3. The Balaban J connectivity index is 2.24. The molecule has 1 fully saturated rings. The maximum atomic E-state index is 11.8. The maximum Gasteiger partial charge on any atom is 0.225 e. The Morgan fingerprint density at radius 2 is 1.83 bits per heavy atom. The van der Waals surface area contributed by atoms with Gasteiger partial charge in [0.15, 0.2) is 0 Å². The fourth-order valence-electron chi connectivity index (χ4n) is 2.36. The topological polar surface area (TPSA) is 20.3 Å². The van der Waals surface area contributed by atoms with Gasteiger partial charge in [-0.05, 0) is 25.2 Å². The van der Waals surface area contributed by atoms with Crippen LogP contribution in [0.3, 0.4) is 0 Å². The molecule has 2 nitrogen and oxygen atoms in total. The monoisotopic (exact) mass is 249 g/mol. The molecule has 1 heterocycles. The van der Waals surface area contributed by atoms with Crippen molar-refractivity contribution in [3.05, 3.63) is 0 Å². The summed E-state index contributed by atoms with van der Waals surface area (Å²) in [5.74, 6) is 8.17. The van der Waals surface area contributed by atoms with Gasteiger partial charge in [0.25, 0.3) is 0 Å². The summed E-state index contributed by atoms with van der Waals surface area (Å²) in [7, 11) is 0. The smallest absolute Gasteiger partial charge is 0.225 e. The second-order valence-electron chi connectivity index (χ2n) is 5.94. The molecular formula is C16H27NO. The van der Waals surface area contributed by atoms with E-state index in [4.69, 9.17) is 0 Å². The average molecular weight is 249 g/mol. The van der Waals surface area contributed by atoms with Crippen molar-refractivity contribution in [3.8, 4) is 11.8 Å². The van der Waals surface area contributed by atoms with Crippen molar-refractivity contribution in [3.63, 3.8) is 0 Å². The zero-order valence-electron chi connectivity index (χ0n) is 12.3. The molecule has 0 aromatic carbocycles. The molecule has 0 aromatic rings. The molecule has 0 radical (unpaired) electrons. The van der Waals surface area contributed by atoms with E-state index in [1.165, 1.54) is 6.42 Å². The summed E-state index contributed by atoms with van der Waals surface area (Å²) in [6.07, 6.45) is 4.52. The molecule has 102 valence electrons. The maximum absolute atomic E-state index is 11.8. The summed E-state index contributed by atoms with van der Waals surface area (Å²) in [5, 5.41) is 0. The van der Waals surface area contributed by atoms with Crippen LogP contribution in [0.1, 0.15) is 53.4 Å². The number of nitrogens with zero attached hydrogens (tertiary/aromatic N) is 1. The molecule has 0 bridgehead atoms. The predicted octanol–water partition coefficient (Wildman–Crippen LogP) is 3.32. The van der Waals surface area contributed by atoms with Crippen molar-refractivity contribution in [1.29, 1.82) is 0 Å². The highest BCUT2D eigenvalue weighted by Gasteiger charge is 2.23. The van der Waals surface area contributed by atoms with Crippen LogP contribution in [0.15, 0.2) is 0 Å². The molecule has 0 atom stereocenters. The molecule has 18 heavy (non-hydrogen) atoms. The van der Waals surface area contributed by atoms with Gasteiger partial charge in [-0.2, -0.15) is 0 Å². The van der Waals surface area contributed by atoms with Gasteiger partial charge in [0.05, 0.1) is 0 Å². The van der Waals surface area contributed by atoms with Gasteiger partial charge in [-0.1, -0.05) is 27.7 Å². The third-order valence-corrected chi connectivity index (χ3v) is 3.49. The van der Waals surface area contributed by atoms with E-state index in [1.54, 1.807) is 0 Å². The Hall–Kier alpha value is -0.970.